The molecule has 0 aromatic heterocycles. The van der Waals surface area contributed by atoms with Crippen molar-refractivity contribution in [2.75, 3.05) is 26.6 Å². The van der Waals surface area contributed by atoms with Crippen LogP contribution in [0.1, 0.15) is 26.3 Å². The molecule has 33 heavy (non-hydrogen) atoms. The standard InChI is InChI=1S/C24H22BrN3O5/c1-31-20-12-16(13-21(32-2)22(20)33-3)23(29)27-19-10-5-4-9-18(19)24(30)28-26-14-15-7-6-8-17(25)11-15/h4-14H,1-3H3,(H,27,29)(H,28,30)/b26-14-. The van der Waals surface area contributed by atoms with Crippen molar-refractivity contribution in [3.05, 3.63) is 81.8 Å². The van der Waals surface area contributed by atoms with Crippen molar-refractivity contribution in [2.45, 2.75) is 0 Å². The Morgan fingerprint density at radius 2 is 1.58 bits per heavy atom. The average molecular weight is 512 g/mol. The number of halogens is 1. The summed E-state index contributed by atoms with van der Waals surface area (Å²) in [5.74, 6) is 0.138. The number of ether oxygens (including phenoxy) is 3. The van der Waals surface area contributed by atoms with Gasteiger partial charge in [-0.2, -0.15) is 5.10 Å². The van der Waals surface area contributed by atoms with Gasteiger partial charge in [-0.15, -0.1) is 0 Å². The van der Waals surface area contributed by atoms with E-state index in [-0.39, 0.29) is 11.1 Å². The lowest BCUT2D eigenvalue weighted by molar-refractivity contribution is 0.0956. The van der Waals surface area contributed by atoms with E-state index in [1.807, 2.05) is 24.3 Å². The summed E-state index contributed by atoms with van der Waals surface area (Å²) in [6.07, 6.45) is 1.53. The number of nitrogens with zero attached hydrogens (tertiary/aromatic N) is 1. The number of hydrogen-bond acceptors (Lipinski definition) is 6. The number of amides is 2. The van der Waals surface area contributed by atoms with Gasteiger partial charge in [-0.25, -0.2) is 5.43 Å². The third-order valence-corrected chi connectivity index (χ3v) is 5.07. The van der Waals surface area contributed by atoms with Crippen molar-refractivity contribution in [3.8, 4) is 17.2 Å². The van der Waals surface area contributed by atoms with E-state index in [4.69, 9.17) is 14.2 Å². The number of benzene rings is 3. The van der Waals surface area contributed by atoms with E-state index in [1.54, 1.807) is 24.3 Å². The molecule has 8 nitrogen and oxygen atoms in total. The number of hydrogen-bond donors (Lipinski definition) is 2. The molecule has 9 heteroatoms. The highest BCUT2D eigenvalue weighted by atomic mass is 79.9. The molecule has 0 saturated heterocycles. The zero-order chi connectivity index (χ0) is 23.8. The van der Waals surface area contributed by atoms with Crippen LogP contribution in [0.4, 0.5) is 5.69 Å². The van der Waals surface area contributed by atoms with Gasteiger partial charge in [-0.1, -0.05) is 40.2 Å². The normalized spacial score (nSPS) is 10.5. The maximum Gasteiger partial charge on any atom is 0.273 e. The van der Waals surface area contributed by atoms with E-state index in [2.05, 4.69) is 31.8 Å². The second kappa shape index (κ2) is 11.1. The molecule has 3 aromatic carbocycles. The van der Waals surface area contributed by atoms with Crippen molar-refractivity contribution >= 4 is 39.6 Å². The highest BCUT2D eigenvalue weighted by molar-refractivity contribution is 9.10. The lowest BCUT2D eigenvalue weighted by atomic mass is 10.1. The molecule has 0 aliphatic rings. The minimum atomic E-state index is -0.470. The minimum Gasteiger partial charge on any atom is -0.493 e. The molecular formula is C24H22BrN3O5. The molecule has 0 fully saturated rings. The molecule has 2 amide bonds. The number of anilines is 1. The molecule has 0 unspecified atom stereocenters. The number of methoxy groups -OCH3 is 3. The Morgan fingerprint density at radius 3 is 2.21 bits per heavy atom. The molecule has 0 radical (unpaired) electrons. The van der Waals surface area contributed by atoms with Crippen molar-refractivity contribution in [3.63, 3.8) is 0 Å². The van der Waals surface area contributed by atoms with Crippen LogP contribution >= 0.6 is 15.9 Å². The molecule has 170 valence electrons. The molecule has 3 rings (SSSR count). The minimum absolute atomic E-state index is 0.254. The largest absolute Gasteiger partial charge is 0.493 e. The Hall–Kier alpha value is -3.85. The zero-order valence-corrected chi connectivity index (χ0v) is 19.8. The Labute approximate surface area is 199 Å². The molecule has 3 aromatic rings. The second-order valence-electron chi connectivity index (χ2n) is 6.67. The number of nitrogens with one attached hydrogen (secondary N) is 2. The predicted molar refractivity (Wildman–Crippen MR) is 130 cm³/mol. The molecule has 0 bridgehead atoms. The second-order valence-corrected chi connectivity index (χ2v) is 7.58. The molecule has 0 spiro atoms. The summed E-state index contributed by atoms with van der Waals surface area (Å²) in [5, 5.41) is 6.75. The SMILES string of the molecule is COc1cc(C(=O)Nc2ccccc2C(=O)N/N=C\c2cccc(Br)c2)cc(OC)c1OC. The molecule has 0 heterocycles. The number of para-hydroxylation sites is 1. The summed E-state index contributed by atoms with van der Waals surface area (Å²) in [7, 11) is 4.41. The van der Waals surface area contributed by atoms with Gasteiger partial charge < -0.3 is 19.5 Å². The van der Waals surface area contributed by atoms with Crippen LogP contribution in [0.3, 0.4) is 0 Å². The van der Waals surface area contributed by atoms with Crippen LogP contribution in [0.5, 0.6) is 17.2 Å². The summed E-state index contributed by atoms with van der Waals surface area (Å²) in [4.78, 5) is 25.6. The van der Waals surface area contributed by atoms with Crippen LogP contribution in [0.15, 0.2) is 70.2 Å². The van der Waals surface area contributed by atoms with Crippen LogP contribution in [0, 0.1) is 0 Å². The Morgan fingerprint density at radius 1 is 0.879 bits per heavy atom. The van der Waals surface area contributed by atoms with Gasteiger partial charge in [0.15, 0.2) is 11.5 Å². The van der Waals surface area contributed by atoms with Gasteiger partial charge in [0.05, 0.1) is 38.8 Å². The van der Waals surface area contributed by atoms with Gasteiger partial charge in [0, 0.05) is 10.0 Å². The van der Waals surface area contributed by atoms with Crippen molar-refractivity contribution in [1.29, 1.82) is 0 Å². The van der Waals surface area contributed by atoms with Gasteiger partial charge in [-0.3, -0.25) is 9.59 Å². The fourth-order valence-electron chi connectivity index (χ4n) is 3.01. The van der Waals surface area contributed by atoms with Crippen LogP contribution < -0.4 is 25.0 Å². The number of hydrazone groups is 1. The fraction of sp³-hybridized carbons (Fsp3) is 0.125. The number of carbonyl (C=O) groups excluding carboxylic acids is 2. The average Bonchev–Trinajstić information content (AvgIpc) is 2.83. The van der Waals surface area contributed by atoms with Gasteiger partial charge in [-0.05, 0) is 42.0 Å². The van der Waals surface area contributed by atoms with Gasteiger partial charge in [0.1, 0.15) is 0 Å². The number of carbonyl (C=O) groups is 2. The van der Waals surface area contributed by atoms with Gasteiger partial charge >= 0.3 is 0 Å². The van der Waals surface area contributed by atoms with E-state index in [0.29, 0.717) is 22.9 Å². The van der Waals surface area contributed by atoms with Crippen LogP contribution in [0.2, 0.25) is 0 Å². The predicted octanol–water partition coefficient (Wildman–Crippen LogP) is 4.49. The van der Waals surface area contributed by atoms with Crippen LogP contribution in [0.25, 0.3) is 0 Å². The quantitative estimate of drug-likeness (QED) is 0.343. The van der Waals surface area contributed by atoms with E-state index in [0.717, 1.165) is 10.0 Å². The highest BCUT2D eigenvalue weighted by Gasteiger charge is 2.19. The Bertz CT molecular complexity index is 1170. The molecule has 0 atom stereocenters. The smallest absolute Gasteiger partial charge is 0.273 e. The summed E-state index contributed by atoms with van der Waals surface area (Å²) in [6, 6.07) is 17.2. The molecule has 0 aliphatic carbocycles. The van der Waals surface area contributed by atoms with Crippen molar-refractivity contribution < 1.29 is 23.8 Å². The highest BCUT2D eigenvalue weighted by Crippen LogP contribution is 2.38. The van der Waals surface area contributed by atoms with E-state index in [9.17, 15) is 9.59 Å². The Balaban J connectivity index is 1.79. The third-order valence-electron chi connectivity index (χ3n) is 4.58. The van der Waals surface area contributed by atoms with Gasteiger partial charge in [0.25, 0.3) is 11.8 Å². The summed E-state index contributed by atoms with van der Waals surface area (Å²) < 4.78 is 16.8. The molecule has 0 saturated carbocycles. The third kappa shape index (κ3) is 5.89. The Kier molecular flexibility index (Phi) is 8.04. The monoisotopic (exact) mass is 511 g/mol. The topological polar surface area (TPSA) is 98.2 Å². The van der Waals surface area contributed by atoms with E-state index in [1.165, 1.54) is 39.7 Å². The fourth-order valence-corrected chi connectivity index (χ4v) is 3.43. The first-order chi connectivity index (χ1) is 16.0. The molecular weight excluding hydrogens is 490 g/mol. The summed E-state index contributed by atoms with van der Waals surface area (Å²) >= 11 is 3.39. The lowest BCUT2D eigenvalue weighted by Gasteiger charge is -2.15. The lowest BCUT2D eigenvalue weighted by Crippen LogP contribution is -2.21. The first kappa shape index (κ1) is 23.8. The first-order valence-electron chi connectivity index (χ1n) is 9.76. The first-order valence-corrected chi connectivity index (χ1v) is 10.6. The van der Waals surface area contributed by atoms with E-state index < -0.39 is 11.8 Å². The summed E-state index contributed by atoms with van der Waals surface area (Å²) in [6.45, 7) is 0. The van der Waals surface area contributed by atoms with Gasteiger partial charge in [0.2, 0.25) is 5.75 Å². The number of rotatable bonds is 8. The van der Waals surface area contributed by atoms with E-state index >= 15 is 0 Å². The van der Waals surface area contributed by atoms with Crippen LogP contribution in [-0.4, -0.2) is 39.4 Å². The van der Waals surface area contributed by atoms with Crippen molar-refractivity contribution in [2.24, 2.45) is 5.10 Å². The van der Waals surface area contributed by atoms with Crippen molar-refractivity contribution in [1.82, 2.24) is 5.43 Å². The maximum absolute atomic E-state index is 12.9. The van der Waals surface area contributed by atoms with Crippen LogP contribution in [-0.2, 0) is 0 Å². The molecule has 0 aliphatic heterocycles. The zero-order valence-electron chi connectivity index (χ0n) is 18.2. The molecule has 2 N–H and O–H groups in total. The maximum atomic E-state index is 12.9. The summed E-state index contributed by atoms with van der Waals surface area (Å²) in [5.41, 5.74) is 4.14.